The Hall–Kier alpha value is -1.51. The largest absolute Gasteiger partial charge is 0.388 e. The monoisotopic (exact) mass is 260 g/mol. The molecule has 0 heterocycles. The molecule has 104 valence electrons. The Morgan fingerprint density at radius 1 is 1.21 bits per heavy atom. The minimum atomic E-state index is 0.0362. The van der Waals surface area contributed by atoms with Gasteiger partial charge in [-0.25, -0.2) is 0 Å². The molecule has 1 aliphatic carbocycles. The lowest BCUT2D eigenvalue weighted by molar-refractivity contribution is 0.0952. The lowest BCUT2D eigenvalue weighted by Gasteiger charge is -2.09. The molecule has 0 aromatic heterocycles. The Bertz CT molecular complexity index is 394. The van der Waals surface area contributed by atoms with E-state index in [9.17, 15) is 4.79 Å². The van der Waals surface area contributed by atoms with Gasteiger partial charge in [0, 0.05) is 24.8 Å². The van der Waals surface area contributed by atoms with Gasteiger partial charge in [-0.2, -0.15) is 0 Å². The first-order chi connectivity index (χ1) is 9.29. The Morgan fingerprint density at radius 2 is 1.89 bits per heavy atom. The number of rotatable bonds is 6. The zero-order valence-corrected chi connectivity index (χ0v) is 11.7. The average molecular weight is 260 g/mol. The third-order valence-corrected chi connectivity index (χ3v) is 3.99. The van der Waals surface area contributed by atoms with E-state index in [1.54, 1.807) is 0 Å². The molecule has 0 spiro atoms. The van der Waals surface area contributed by atoms with Crippen LogP contribution in [0.3, 0.4) is 0 Å². The maximum absolute atomic E-state index is 11.9. The molecule has 1 aromatic carbocycles. The first-order valence-electron chi connectivity index (χ1n) is 7.35. The number of nitrogens with one attached hydrogen (secondary N) is 2. The number of anilines is 1. The van der Waals surface area contributed by atoms with E-state index < -0.39 is 0 Å². The van der Waals surface area contributed by atoms with Gasteiger partial charge in [0.1, 0.15) is 0 Å². The molecule has 19 heavy (non-hydrogen) atoms. The topological polar surface area (TPSA) is 41.1 Å². The predicted octanol–water partition coefficient (Wildman–Crippen LogP) is 3.43. The number of hydrogen-bond donors (Lipinski definition) is 2. The molecule has 1 saturated carbocycles. The second-order valence-corrected chi connectivity index (χ2v) is 5.38. The van der Waals surface area contributed by atoms with Crippen LogP contribution >= 0.6 is 0 Å². The van der Waals surface area contributed by atoms with Crippen molar-refractivity contribution in [1.29, 1.82) is 0 Å². The van der Waals surface area contributed by atoms with Crippen molar-refractivity contribution in [2.24, 2.45) is 5.92 Å². The van der Waals surface area contributed by atoms with Crippen LogP contribution in [0.15, 0.2) is 24.3 Å². The predicted molar refractivity (Wildman–Crippen MR) is 79.5 cm³/mol. The Morgan fingerprint density at radius 3 is 2.53 bits per heavy atom. The van der Waals surface area contributed by atoms with Gasteiger partial charge in [0.05, 0.1) is 0 Å². The lowest BCUT2D eigenvalue weighted by Crippen LogP contribution is -2.24. The quantitative estimate of drug-likeness (QED) is 0.769. The van der Waals surface area contributed by atoms with Crippen LogP contribution in [0.4, 0.5) is 5.69 Å². The third kappa shape index (κ3) is 4.27. The smallest absolute Gasteiger partial charge is 0.251 e. The first-order valence-corrected chi connectivity index (χ1v) is 7.35. The fraction of sp³-hybridized carbons (Fsp3) is 0.562. The van der Waals surface area contributed by atoms with Crippen LogP contribution in [-0.2, 0) is 0 Å². The van der Waals surface area contributed by atoms with Crippen LogP contribution in [0.1, 0.15) is 48.9 Å². The molecule has 1 aromatic rings. The maximum atomic E-state index is 11.9. The number of hydrogen-bond acceptors (Lipinski definition) is 2. The van der Waals surface area contributed by atoms with Crippen molar-refractivity contribution in [1.82, 2.24) is 5.32 Å². The van der Waals surface area contributed by atoms with Gasteiger partial charge >= 0.3 is 0 Å². The molecule has 0 atom stereocenters. The highest BCUT2D eigenvalue weighted by atomic mass is 16.1. The molecule has 2 rings (SSSR count). The summed E-state index contributed by atoms with van der Waals surface area (Å²) in [6.07, 6.45) is 7.94. The molecule has 2 N–H and O–H groups in total. The maximum Gasteiger partial charge on any atom is 0.251 e. The Kier molecular flexibility index (Phi) is 5.25. The number of benzene rings is 1. The number of carbonyl (C=O) groups is 1. The van der Waals surface area contributed by atoms with Crippen LogP contribution in [0.2, 0.25) is 0 Å². The summed E-state index contributed by atoms with van der Waals surface area (Å²) >= 11 is 0. The van der Waals surface area contributed by atoms with Crippen molar-refractivity contribution >= 4 is 11.6 Å². The van der Waals surface area contributed by atoms with Crippen molar-refractivity contribution in [2.45, 2.75) is 38.5 Å². The number of carbonyl (C=O) groups excluding carboxylic acids is 1. The molecule has 0 saturated heterocycles. The van der Waals surface area contributed by atoms with Gasteiger partial charge in [-0.05, 0) is 43.0 Å². The van der Waals surface area contributed by atoms with Crippen molar-refractivity contribution in [3.8, 4) is 0 Å². The van der Waals surface area contributed by atoms with Crippen LogP contribution in [0.5, 0.6) is 0 Å². The second-order valence-electron chi connectivity index (χ2n) is 5.38. The van der Waals surface area contributed by atoms with Gasteiger partial charge in [-0.15, -0.1) is 0 Å². The molecule has 1 fully saturated rings. The fourth-order valence-electron chi connectivity index (χ4n) is 2.78. The van der Waals surface area contributed by atoms with Gasteiger partial charge < -0.3 is 10.6 Å². The molecular weight excluding hydrogens is 236 g/mol. The normalized spacial score (nSPS) is 15.4. The van der Waals surface area contributed by atoms with Crippen LogP contribution in [0.25, 0.3) is 0 Å². The lowest BCUT2D eigenvalue weighted by atomic mass is 10.0. The van der Waals surface area contributed by atoms with Crippen LogP contribution < -0.4 is 10.6 Å². The Balaban J connectivity index is 1.68. The van der Waals surface area contributed by atoms with E-state index in [0.717, 1.165) is 30.1 Å². The summed E-state index contributed by atoms with van der Waals surface area (Å²) in [7, 11) is 1.87. The standard InChI is InChI=1S/C16H24N2O/c1-17-15-10-8-14(9-11-15)16(19)18-12-4-7-13-5-2-3-6-13/h8-11,13,17H,2-7,12H2,1H3,(H,18,19). The highest BCUT2D eigenvalue weighted by Gasteiger charge is 2.14. The molecule has 1 amide bonds. The molecule has 0 unspecified atom stereocenters. The minimum Gasteiger partial charge on any atom is -0.388 e. The highest BCUT2D eigenvalue weighted by Crippen LogP contribution is 2.28. The molecule has 0 bridgehead atoms. The first kappa shape index (κ1) is 13.9. The SMILES string of the molecule is CNc1ccc(C(=O)NCCCC2CCCC2)cc1. The zero-order valence-electron chi connectivity index (χ0n) is 11.7. The molecule has 1 aliphatic rings. The van der Waals surface area contributed by atoms with Gasteiger partial charge in [0.25, 0.3) is 5.91 Å². The van der Waals surface area contributed by atoms with E-state index in [2.05, 4.69) is 10.6 Å². The van der Waals surface area contributed by atoms with E-state index in [1.165, 1.54) is 32.1 Å². The van der Waals surface area contributed by atoms with Crippen molar-refractivity contribution in [3.05, 3.63) is 29.8 Å². The molecular formula is C16H24N2O. The molecule has 3 heteroatoms. The molecule has 3 nitrogen and oxygen atoms in total. The fourth-order valence-corrected chi connectivity index (χ4v) is 2.78. The third-order valence-electron chi connectivity index (χ3n) is 3.99. The summed E-state index contributed by atoms with van der Waals surface area (Å²) in [4.78, 5) is 11.9. The van der Waals surface area contributed by atoms with Crippen molar-refractivity contribution in [3.63, 3.8) is 0 Å². The average Bonchev–Trinajstić information content (AvgIpc) is 2.96. The molecule has 0 aliphatic heterocycles. The minimum absolute atomic E-state index is 0.0362. The van der Waals surface area contributed by atoms with Gasteiger partial charge in [0.15, 0.2) is 0 Å². The summed E-state index contributed by atoms with van der Waals surface area (Å²) in [5.41, 5.74) is 1.76. The van der Waals surface area contributed by atoms with Crippen molar-refractivity contribution in [2.75, 3.05) is 18.9 Å². The summed E-state index contributed by atoms with van der Waals surface area (Å²) in [6, 6.07) is 7.57. The Labute approximate surface area is 115 Å². The summed E-state index contributed by atoms with van der Waals surface area (Å²) < 4.78 is 0. The number of amides is 1. The second kappa shape index (κ2) is 7.17. The van der Waals surface area contributed by atoms with E-state index >= 15 is 0 Å². The van der Waals surface area contributed by atoms with Crippen LogP contribution in [0, 0.1) is 5.92 Å². The van der Waals surface area contributed by atoms with Gasteiger partial charge in [-0.3, -0.25) is 4.79 Å². The van der Waals surface area contributed by atoms with E-state index in [0.29, 0.717) is 0 Å². The van der Waals surface area contributed by atoms with E-state index in [-0.39, 0.29) is 5.91 Å². The highest BCUT2D eigenvalue weighted by molar-refractivity contribution is 5.94. The van der Waals surface area contributed by atoms with Gasteiger partial charge in [-0.1, -0.05) is 25.7 Å². The summed E-state index contributed by atoms with van der Waals surface area (Å²) in [5.74, 6) is 0.945. The zero-order chi connectivity index (χ0) is 13.5. The van der Waals surface area contributed by atoms with Gasteiger partial charge in [0.2, 0.25) is 0 Å². The van der Waals surface area contributed by atoms with Crippen molar-refractivity contribution < 1.29 is 4.79 Å². The van der Waals surface area contributed by atoms with E-state index in [4.69, 9.17) is 0 Å². The molecule has 0 radical (unpaired) electrons. The summed E-state index contributed by atoms with van der Waals surface area (Å²) in [6.45, 7) is 0.795. The van der Waals surface area contributed by atoms with E-state index in [1.807, 2.05) is 31.3 Å². The van der Waals surface area contributed by atoms with Crippen LogP contribution in [-0.4, -0.2) is 19.5 Å². The summed E-state index contributed by atoms with van der Waals surface area (Å²) in [5, 5.41) is 6.05.